The van der Waals surface area contributed by atoms with Crippen molar-refractivity contribution in [2.75, 3.05) is 38.1 Å². The Morgan fingerprint density at radius 2 is 2.00 bits per heavy atom. The van der Waals surface area contributed by atoms with Crippen LogP contribution in [-0.2, 0) is 0 Å². The normalized spacial score (nSPS) is 31.2. The van der Waals surface area contributed by atoms with E-state index in [0.717, 1.165) is 25.7 Å². The Balaban J connectivity index is 1.74. The fourth-order valence-corrected chi connectivity index (χ4v) is 2.93. The van der Waals surface area contributed by atoms with Crippen molar-refractivity contribution < 1.29 is 5.11 Å². The predicted octanol–water partition coefficient (Wildman–Crippen LogP) is 0.912. The zero-order chi connectivity index (χ0) is 10.7. The average Bonchev–Trinajstić information content (AvgIpc) is 2.85. The Kier molecular flexibility index (Phi) is 4.43. The van der Waals surface area contributed by atoms with Crippen molar-refractivity contribution in [3.8, 4) is 0 Å². The van der Waals surface area contributed by atoms with Crippen LogP contribution in [0.2, 0.25) is 0 Å². The summed E-state index contributed by atoms with van der Waals surface area (Å²) in [5.74, 6) is 0. The lowest BCUT2D eigenvalue weighted by Gasteiger charge is -2.24. The molecular weight excluding hydrogens is 256 g/mol. The van der Waals surface area contributed by atoms with E-state index in [1.807, 2.05) is 0 Å². The Bertz CT molecular complexity index is 197. The topological polar surface area (TPSA) is 26.7 Å². The van der Waals surface area contributed by atoms with Crippen molar-refractivity contribution in [3.05, 3.63) is 0 Å². The van der Waals surface area contributed by atoms with E-state index in [1.54, 1.807) is 0 Å². The molecular formula is C11H21BrN2O. The minimum atomic E-state index is -0.206. The van der Waals surface area contributed by atoms with Gasteiger partial charge in [-0.25, -0.2) is 0 Å². The molecule has 88 valence electrons. The molecule has 0 aromatic rings. The van der Waals surface area contributed by atoms with Crippen molar-refractivity contribution in [1.29, 1.82) is 0 Å². The zero-order valence-corrected chi connectivity index (χ0v) is 10.8. The number of aliphatic hydroxyl groups is 1. The van der Waals surface area contributed by atoms with E-state index in [4.69, 9.17) is 0 Å². The van der Waals surface area contributed by atoms with Gasteiger partial charge in [0.05, 0.1) is 6.10 Å². The van der Waals surface area contributed by atoms with E-state index in [9.17, 15) is 5.11 Å². The molecule has 2 atom stereocenters. The van der Waals surface area contributed by atoms with Gasteiger partial charge in [-0.2, -0.15) is 0 Å². The van der Waals surface area contributed by atoms with E-state index in [-0.39, 0.29) is 6.10 Å². The van der Waals surface area contributed by atoms with Gasteiger partial charge in [0.15, 0.2) is 0 Å². The average molecular weight is 277 g/mol. The Labute approximate surface area is 101 Å². The molecule has 0 saturated carbocycles. The minimum absolute atomic E-state index is 0.206. The molecule has 2 heterocycles. The second kappa shape index (κ2) is 5.62. The summed E-state index contributed by atoms with van der Waals surface area (Å²) < 4.78 is 0. The number of alkyl halides is 1. The SMILES string of the molecule is OC(CBr)CN1CCC(N2CCCC2)C1. The number of hydrogen-bond acceptors (Lipinski definition) is 3. The van der Waals surface area contributed by atoms with Crippen LogP contribution in [0, 0.1) is 0 Å². The molecule has 2 rings (SSSR count). The molecule has 3 nitrogen and oxygen atoms in total. The van der Waals surface area contributed by atoms with Crippen molar-refractivity contribution in [1.82, 2.24) is 9.80 Å². The predicted molar refractivity (Wildman–Crippen MR) is 65.5 cm³/mol. The first-order valence-corrected chi connectivity index (χ1v) is 7.12. The zero-order valence-electron chi connectivity index (χ0n) is 9.24. The van der Waals surface area contributed by atoms with Crippen LogP contribution in [0.5, 0.6) is 0 Å². The molecule has 2 unspecified atom stereocenters. The van der Waals surface area contributed by atoms with E-state index in [1.165, 1.54) is 32.4 Å². The number of hydrogen-bond donors (Lipinski definition) is 1. The fourth-order valence-electron chi connectivity index (χ4n) is 2.73. The second-order valence-electron chi connectivity index (χ2n) is 4.75. The first-order valence-electron chi connectivity index (χ1n) is 6.00. The molecule has 2 aliphatic heterocycles. The lowest BCUT2D eigenvalue weighted by molar-refractivity contribution is 0.138. The summed E-state index contributed by atoms with van der Waals surface area (Å²) in [7, 11) is 0. The third-order valence-electron chi connectivity index (χ3n) is 3.55. The molecule has 1 N–H and O–H groups in total. The highest BCUT2D eigenvalue weighted by atomic mass is 79.9. The van der Waals surface area contributed by atoms with Gasteiger partial charge in [0, 0.05) is 24.5 Å². The van der Waals surface area contributed by atoms with Crippen molar-refractivity contribution in [3.63, 3.8) is 0 Å². The van der Waals surface area contributed by atoms with Crippen LogP contribution in [0.3, 0.4) is 0 Å². The maximum Gasteiger partial charge on any atom is 0.0763 e. The number of nitrogens with zero attached hydrogens (tertiary/aromatic N) is 2. The molecule has 0 amide bonds. The van der Waals surface area contributed by atoms with Crippen molar-refractivity contribution in [2.45, 2.75) is 31.4 Å². The van der Waals surface area contributed by atoms with Gasteiger partial charge >= 0.3 is 0 Å². The minimum Gasteiger partial charge on any atom is -0.391 e. The van der Waals surface area contributed by atoms with Crippen LogP contribution < -0.4 is 0 Å². The molecule has 0 spiro atoms. The molecule has 2 aliphatic rings. The summed E-state index contributed by atoms with van der Waals surface area (Å²) in [6.07, 6.45) is 3.83. The summed E-state index contributed by atoms with van der Waals surface area (Å²) in [6.45, 7) is 5.73. The van der Waals surface area contributed by atoms with Crippen LogP contribution in [0.1, 0.15) is 19.3 Å². The third kappa shape index (κ3) is 3.16. The van der Waals surface area contributed by atoms with E-state index >= 15 is 0 Å². The van der Waals surface area contributed by atoms with Gasteiger partial charge in [-0.05, 0) is 38.9 Å². The lowest BCUT2D eigenvalue weighted by Crippen LogP contribution is -2.37. The molecule has 15 heavy (non-hydrogen) atoms. The number of β-amino-alcohol motifs (C(OH)–C–C–N with tert-alkyl or cyclic N) is 1. The molecule has 0 radical (unpaired) electrons. The number of rotatable bonds is 4. The summed E-state index contributed by atoms with van der Waals surface area (Å²) in [5.41, 5.74) is 0. The van der Waals surface area contributed by atoms with E-state index in [0.29, 0.717) is 5.33 Å². The summed E-state index contributed by atoms with van der Waals surface area (Å²) in [6, 6.07) is 0.759. The second-order valence-corrected chi connectivity index (χ2v) is 5.40. The number of aliphatic hydroxyl groups excluding tert-OH is 1. The molecule has 0 aromatic carbocycles. The van der Waals surface area contributed by atoms with Crippen LogP contribution in [-0.4, -0.2) is 65.1 Å². The Morgan fingerprint density at radius 1 is 1.27 bits per heavy atom. The third-order valence-corrected chi connectivity index (χ3v) is 4.30. The van der Waals surface area contributed by atoms with Crippen molar-refractivity contribution in [2.24, 2.45) is 0 Å². The van der Waals surface area contributed by atoms with Gasteiger partial charge in [-0.1, -0.05) is 15.9 Å². The highest BCUT2D eigenvalue weighted by Gasteiger charge is 2.29. The van der Waals surface area contributed by atoms with Gasteiger partial charge in [0.2, 0.25) is 0 Å². The van der Waals surface area contributed by atoms with Gasteiger partial charge in [-0.3, -0.25) is 9.80 Å². The molecule has 0 aliphatic carbocycles. The van der Waals surface area contributed by atoms with Gasteiger partial charge in [0.1, 0.15) is 0 Å². The highest BCUT2D eigenvalue weighted by molar-refractivity contribution is 9.09. The maximum atomic E-state index is 9.57. The monoisotopic (exact) mass is 276 g/mol. The van der Waals surface area contributed by atoms with Gasteiger partial charge < -0.3 is 5.11 Å². The molecule has 0 aromatic heterocycles. The van der Waals surface area contributed by atoms with Crippen LogP contribution in [0.4, 0.5) is 0 Å². The first-order chi connectivity index (χ1) is 7.29. The molecule has 2 saturated heterocycles. The van der Waals surface area contributed by atoms with Gasteiger partial charge in [-0.15, -0.1) is 0 Å². The smallest absolute Gasteiger partial charge is 0.0763 e. The fraction of sp³-hybridized carbons (Fsp3) is 1.00. The first kappa shape index (κ1) is 11.8. The van der Waals surface area contributed by atoms with E-state index in [2.05, 4.69) is 25.7 Å². The summed E-state index contributed by atoms with van der Waals surface area (Å²) >= 11 is 3.32. The Morgan fingerprint density at radius 3 is 2.67 bits per heavy atom. The Hall–Kier alpha value is 0.360. The van der Waals surface area contributed by atoms with Gasteiger partial charge in [0.25, 0.3) is 0 Å². The highest BCUT2D eigenvalue weighted by Crippen LogP contribution is 2.20. The standard InChI is InChI=1S/C11H21BrN2O/c12-7-11(15)9-13-6-3-10(8-13)14-4-1-2-5-14/h10-11,15H,1-9H2. The van der Waals surface area contributed by atoms with Crippen molar-refractivity contribution >= 4 is 15.9 Å². The molecule has 0 bridgehead atoms. The molecule has 2 fully saturated rings. The number of likely N-dealkylation sites (tertiary alicyclic amines) is 2. The lowest BCUT2D eigenvalue weighted by atomic mass is 10.2. The summed E-state index contributed by atoms with van der Waals surface area (Å²) in [4.78, 5) is 5.02. The molecule has 4 heteroatoms. The maximum absolute atomic E-state index is 9.57. The van der Waals surface area contributed by atoms with Crippen LogP contribution >= 0.6 is 15.9 Å². The quantitative estimate of drug-likeness (QED) is 0.774. The largest absolute Gasteiger partial charge is 0.391 e. The van der Waals surface area contributed by atoms with Crippen LogP contribution in [0.25, 0.3) is 0 Å². The van der Waals surface area contributed by atoms with E-state index < -0.39 is 0 Å². The summed E-state index contributed by atoms with van der Waals surface area (Å²) in [5, 5.41) is 10.3. The van der Waals surface area contributed by atoms with Crippen LogP contribution in [0.15, 0.2) is 0 Å². The number of halogens is 1.